The molecule has 132 valence electrons. The minimum Gasteiger partial charge on any atom is -0.342 e. The molecule has 24 heavy (non-hydrogen) atoms. The number of carbonyl (C=O) groups is 1. The number of rotatable bonds is 4. The molecule has 0 radical (unpaired) electrons. The quantitative estimate of drug-likeness (QED) is 0.839. The highest BCUT2D eigenvalue weighted by molar-refractivity contribution is 7.11. The molecule has 5 nitrogen and oxygen atoms in total. The van der Waals surface area contributed by atoms with E-state index in [2.05, 4.69) is 26.9 Å². The zero-order valence-corrected chi connectivity index (χ0v) is 15.4. The average Bonchev–Trinajstić information content (AvgIpc) is 3.33. The molecule has 6 heteroatoms. The predicted octanol–water partition coefficient (Wildman–Crippen LogP) is 2.85. The molecule has 1 aromatic heterocycles. The molecule has 4 rings (SSSR count). The van der Waals surface area contributed by atoms with Crippen LogP contribution in [-0.2, 0) is 4.79 Å². The second-order valence-corrected chi connectivity index (χ2v) is 8.91. The Morgan fingerprint density at radius 1 is 0.958 bits per heavy atom. The number of piperidine rings is 2. The summed E-state index contributed by atoms with van der Waals surface area (Å²) in [7, 11) is 0. The summed E-state index contributed by atoms with van der Waals surface area (Å²) in [5.74, 6) is 2.36. The molecule has 3 fully saturated rings. The lowest BCUT2D eigenvalue weighted by Crippen LogP contribution is -2.45. The normalized spacial score (nSPS) is 24.5. The minimum absolute atomic E-state index is 0.326. The topological polar surface area (TPSA) is 49.3 Å². The van der Waals surface area contributed by atoms with Crippen molar-refractivity contribution in [1.82, 2.24) is 20.0 Å². The van der Waals surface area contributed by atoms with E-state index in [0.29, 0.717) is 24.3 Å². The number of likely N-dealkylation sites (tertiary alicyclic amines) is 2. The van der Waals surface area contributed by atoms with Crippen LogP contribution in [0.2, 0.25) is 0 Å². The smallest absolute Gasteiger partial charge is 0.236 e. The zero-order valence-electron chi connectivity index (χ0n) is 14.6. The van der Waals surface area contributed by atoms with Gasteiger partial charge in [-0.05, 0) is 57.5 Å². The van der Waals surface area contributed by atoms with Crippen molar-refractivity contribution in [2.24, 2.45) is 5.92 Å². The molecular formula is C18H28N4OS. The number of hydrogen-bond donors (Lipinski definition) is 0. The van der Waals surface area contributed by atoms with E-state index in [0.717, 1.165) is 57.8 Å². The second-order valence-electron chi connectivity index (χ2n) is 7.87. The molecule has 1 amide bonds. The highest BCUT2D eigenvalue weighted by atomic mass is 32.1. The van der Waals surface area contributed by atoms with Crippen LogP contribution in [0.25, 0.3) is 0 Å². The van der Waals surface area contributed by atoms with E-state index >= 15 is 0 Å². The van der Waals surface area contributed by atoms with Crippen LogP contribution < -0.4 is 0 Å². The minimum atomic E-state index is 0.326. The van der Waals surface area contributed by atoms with Gasteiger partial charge in [0.25, 0.3) is 0 Å². The van der Waals surface area contributed by atoms with Crippen molar-refractivity contribution in [2.45, 2.75) is 57.3 Å². The molecule has 0 atom stereocenters. The summed E-state index contributed by atoms with van der Waals surface area (Å²) in [5.41, 5.74) is 0. The van der Waals surface area contributed by atoms with Crippen LogP contribution in [0.4, 0.5) is 0 Å². The maximum absolute atomic E-state index is 12.5. The summed E-state index contributed by atoms with van der Waals surface area (Å²) in [6.07, 6.45) is 7.14. The van der Waals surface area contributed by atoms with Crippen LogP contribution in [-0.4, -0.2) is 58.6 Å². The fraction of sp³-hybridized carbons (Fsp3) is 0.833. The van der Waals surface area contributed by atoms with E-state index in [1.54, 1.807) is 0 Å². The first-order chi connectivity index (χ1) is 11.7. The Kier molecular flexibility index (Phi) is 4.86. The Bertz CT molecular complexity index is 569. The van der Waals surface area contributed by atoms with E-state index < -0.39 is 0 Å². The van der Waals surface area contributed by atoms with Gasteiger partial charge in [-0.3, -0.25) is 9.69 Å². The zero-order chi connectivity index (χ0) is 16.5. The van der Waals surface area contributed by atoms with Gasteiger partial charge < -0.3 is 4.90 Å². The summed E-state index contributed by atoms with van der Waals surface area (Å²) in [6, 6.07) is 0. The maximum atomic E-state index is 12.5. The molecule has 0 spiro atoms. The van der Waals surface area contributed by atoms with Gasteiger partial charge in [0.1, 0.15) is 10.0 Å². The van der Waals surface area contributed by atoms with Gasteiger partial charge >= 0.3 is 0 Å². The molecular weight excluding hydrogens is 320 g/mol. The molecule has 0 unspecified atom stereocenters. The first kappa shape index (κ1) is 16.5. The largest absolute Gasteiger partial charge is 0.342 e. The van der Waals surface area contributed by atoms with E-state index in [1.807, 2.05) is 11.3 Å². The maximum Gasteiger partial charge on any atom is 0.236 e. The predicted molar refractivity (Wildman–Crippen MR) is 95.3 cm³/mol. The third-order valence-corrected chi connectivity index (χ3v) is 7.06. The van der Waals surface area contributed by atoms with Gasteiger partial charge in [0.2, 0.25) is 5.91 Å². The van der Waals surface area contributed by atoms with Crippen LogP contribution in [0.15, 0.2) is 0 Å². The molecule has 0 bridgehead atoms. The Labute approximate surface area is 148 Å². The summed E-state index contributed by atoms with van der Waals surface area (Å²) >= 11 is 1.83. The SMILES string of the molecule is CC1CCN(C(=O)CN2CCC(c3nnc(C4CC4)s3)CC2)CC1. The summed E-state index contributed by atoms with van der Waals surface area (Å²) < 4.78 is 0. The van der Waals surface area contributed by atoms with Crippen molar-refractivity contribution in [1.29, 1.82) is 0 Å². The van der Waals surface area contributed by atoms with Gasteiger partial charge in [-0.1, -0.05) is 6.92 Å². The molecule has 1 saturated carbocycles. The third kappa shape index (κ3) is 3.80. The van der Waals surface area contributed by atoms with Crippen molar-refractivity contribution in [3.05, 3.63) is 10.0 Å². The van der Waals surface area contributed by atoms with Crippen molar-refractivity contribution in [3.63, 3.8) is 0 Å². The average molecular weight is 349 g/mol. The van der Waals surface area contributed by atoms with Crippen LogP contribution >= 0.6 is 11.3 Å². The van der Waals surface area contributed by atoms with Crippen LogP contribution in [0.3, 0.4) is 0 Å². The molecule has 3 aliphatic rings. The molecule has 0 aromatic carbocycles. The van der Waals surface area contributed by atoms with Gasteiger partial charge in [-0.15, -0.1) is 21.5 Å². The Hall–Kier alpha value is -1.01. The first-order valence-corrected chi connectivity index (χ1v) is 10.3. The number of hydrogen-bond acceptors (Lipinski definition) is 5. The molecule has 3 heterocycles. The standard InChI is InChI=1S/C18H28N4OS/c1-13-4-10-22(11-5-13)16(23)12-21-8-6-15(7-9-21)18-20-19-17(24-18)14-2-3-14/h13-15H,2-12H2,1H3. The monoisotopic (exact) mass is 348 g/mol. The summed E-state index contributed by atoms with van der Waals surface area (Å²) in [4.78, 5) is 16.9. The van der Waals surface area contributed by atoms with E-state index in [4.69, 9.17) is 0 Å². The van der Waals surface area contributed by atoms with Gasteiger partial charge in [-0.2, -0.15) is 0 Å². The van der Waals surface area contributed by atoms with Crippen LogP contribution in [0.5, 0.6) is 0 Å². The highest BCUT2D eigenvalue weighted by Crippen LogP contribution is 2.43. The summed E-state index contributed by atoms with van der Waals surface area (Å²) in [5, 5.41) is 11.3. The molecule has 1 aromatic rings. The Balaban J connectivity index is 1.24. The van der Waals surface area contributed by atoms with Gasteiger partial charge in [-0.25, -0.2) is 0 Å². The number of amides is 1. The van der Waals surface area contributed by atoms with Crippen molar-refractivity contribution in [3.8, 4) is 0 Å². The number of nitrogens with zero attached hydrogens (tertiary/aromatic N) is 4. The van der Waals surface area contributed by atoms with E-state index in [9.17, 15) is 4.79 Å². The lowest BCUT2D eigenvalue weighted by atomic mass is 9.97. The van der Waals surface area contributed by atoms with Crippen molar-refractivity contribution >= 4 is 17.2 Å². The second kappa shape index (κ2) is 7.08. The van der Waals surface area contributed by atoms with Gasteiger partial charge in [0.05, 0.1) is 6.54 Å². The van der Waals surface area contributed by atoms with Gasteiger partial charge in [0.15, 0.2) is 0 Å². The van der Waals surface area contributed by atoms with Crippen molar-refractivity contribution < 1.29 is 4.79 Å². The van der Waals surface area contributed by atoms with Crippen LogP contribution in [0.1, 0.15) is 67.3 Å². The Morgan fingerprint density at radius 3 is 2.12 bits per heavy atom. The third-order valence-electron chi connectivity index (χ3n) is 5.81. The van der Waals surface area contributed by atoms with Gasteiger partial charge in [0, 0.05) is 24.9 Å². The fourth-order valence-corrected chi connectivity index (χ4v) is 4.98. The first-order valence-electron chi connectivity index (χ1n) is 9.52. The number of carbonyl (C=O) groups excluding carboxylic acids is 1. The highest BCUT2D eigenvalue weighted by Gasteiger charge is 2.30. The summed E-state index contributed by atoms with van der Waals surface area (Å²) in [6.45, 7) is 6.81. The molecule has 0 N–H and O–H groups in total. The van der Waals surface area contributed by atoms with Crippen molar-refractivity contribution in [2.75, 3.05) is 32.7 Å². The lowest BCUT2D eigenvalue weighted by molar-refractivity contribution is -0.134. The van der Waals surface area contributed by atoms with E-state index in [1.165, 1.54) is 22.9 Å². The number of aromatic nitrogens is 2. The van der Waals surface area contributed by atoms with Crippen LogP contribution in [0, 0.1) is 5.92 Å². The van der Waals surface area contributed by atoms with E-state index in [-0.39, 0.29) is 0 Å². The fourth-order valence-electron chi connectivity index (χ4n) is 3.79. The molecule has 1 aliphatic carbocycles. The lowest BCUT2D eigenvalue weighted by Gasteiger charge is -2.34. The Morgan fingerprint density at radius 2 is 1.54 bits per heavy atom. The molecule has 2 aliphatic heterocycles. The molecule has 2 saturated heterocycles.